The van der Waals surface area contributed by atoms with E-state index in [1.54, 1.807) is 0 Å². The number of anilines is 1. The van der Waals surface area contributed by atoms with E-state index >= 15 is 0 Å². The molecule has 6 heteroatoms. The fraction of sp³-hybridized carbons (Fsp3) is 0.579. The summed E-state index contributed by atoms with van der Waals surface area (Å²) in [6.45, 7) is 7.48. The van der Waals surface area contributed by atoms with Crippen molar-refractivity contribution in [2.24, 2.45) is 16.6 Å². The quantitative estimate of drug-likeness (QED) is 0.665. The molecule has 0 aromatic heterocycles. The highest BCUT2D eigenvalue weighted by Crippen LogP contribution is 2.16. The lowest BCUT2D eigenvalue weighted by atomic mass is 10.0. The smallest absolute Gasteiger partial charge is 0.244 e. The molecule has 0 aliphatic carbocycles. The maximum atomic E-state index is 12.4. The van der Waals surface area contributed by atoms with E-state index in [9.17, 15) is 4.79 Å². The summed E-state index contributed by atoms with van der Waals surface area (Å²) >= 11 is 0. The van der Waals surface area contributed by atoms with Gasteiger partial charge in [0.25, 0.3) is 0 Å². The predicted octanol–water partition coefficient (Wildman–Crippen LogP) is 1.38. The second-order valence-electron chi connectivity index (χ2n) is 7.07. The molecule has 2 saturated heterocycles. The van der Waals surface area contributed by atoms with E-state index < -0.39 is 0 Å². The molecule has 136 valence electrons. The van der Waals surface area contributed by atoms with Crippen molar-refractivity contribution in [3.63, 3.8) is 0 Å². The van der Waals surface area contributed by atoms with Crippen LogP contribution in [0.2, 0.25) is 0 Å². The standard InChI is InChI=1S/C19H29N5O/c1-16-6-5-9-24(15-16)19(20)21-14-18(25)23-12-10-22(11-13-23)17-7-3-2-4-8-17/h2-4,7-8,16H,5-6,9-15H2,1H3,(H2,20,21). The van der Waals surface area contributed by atoms with Crippen LogP contribution in [0.3, 0.4) is 0 Å². The molecule has 2 fully saturated rings. The van der Waals surface area contributed by atoms with Gasteiger partial charge in [-0.25, -0.2) is 4.99 Å². The van der Waals surface area contributed by atoms with Crippen LogP contribution in [0.15, 0.2) is 35.3 Å². The molecule has 0 saturated carbocycles. The topological polar surface area (TPSA) is 65.2 Å². The summed E-state index contributed by atoms with van der Waals surface area (Å²) in [5, 5.41) is 0. The first kappa shape index (κ1) is 17.6. The molecule has 2 N–H and O–H groups in total. The van der Waals surface area contributed by atoms with Gasteiger partial charge in [0.2, 0.25) is 5.91 Å². The molecule has 3 rings (SSSR count). The number of carbonyl (C=O) groups is 1. The zero-order valence-corrected chi connectivity index (χ0v) is 15.1. The molecule has 1 amide bonds. The molecule has 1 aromatic rings. The third-order valence-electron chi connectivity index (χ3n) is 5.11. The minimum absolute atomic E-state index is 0.0701. The number of aliphatic imine (C=N–C) groups is 1. The Hall–Kier alpha value is -2.24. The lowest BCUT2D eigenvalue weighted by Gasteiger charge is -2.36. The molecule has 1 atom stereocenters. The van der Waals surface area contributed by atoms with Gasteiger partial charge in [0, 0.05) is 45.0 Å². The van der Waals surface area contributed by atoms with Crippen molar-refractivity contribution in [1.29, 1.82) is 0 Å². The molecule has 25 heavy (non-hydrogen) atoms. The fourth-order valence-corrected chi connectivity index (χ4v) is 3.60. The third kappa shape index (κ3) is 4.65. The van der Waals surface area contributed by atoms with Crippen molar-refractivity contribution in [2.45, 2.75) is 19.8 Å². The molecule has 0 radical (unpaired) electrons. The van der Waals surface area contributed by atoms with E-state index in [1.165, 1.54) is 12.1 Å². The van der Waals surface area contributed by atoms with Crippen molar-refractivity contribution in [2.75, 3.05) is 50.7 Å². The normalized spacial score (nSPS) is 22.2. The Morgan fingerprint density at radius 1 is 1.12 bits per heavy atom. The van der Waals surface area contributed by atoms with Crippen LogP contribution in [0.25, 0.3) is 0 Å². The number of guanidine groups is 1. The number of nitrogens with two attached hydrogens (primary N) is 1. The lowest BCUT2D eigenvalue weighted by molar-refractivity contribution is -0.129. The highest BCUT2D eigenvalue weighted by atomic mass is 16.2. The molecule has 2 aliphatic heterocycles. The molecule has 0 spiro atoms. The largest absolute Gasteiger partial charge is 0.370 e. The molecule has 2 aliphatic rings. The predicted molar refractivity (Wildman–Crippen MR) is 102 cm³/mol. The van der Waals surface area contributed by atoms with E-state index in [2.05, 4.69) is 33.8 Å². The Morgan fingerprint density at radius 2 is 1.84 bits per heavy atom. The number of hydrogen-bond acceptors (Lipinski definition) is 3. The first-order valence-corrected chi connectivity index (χ1v) is 9.26. The van der Waals surface area contributed by atoms with E-state index in [0.29, 0.717) is 11.9 Å². The van der Waals surface area contributed by atoms with Gasteiger partial charge in [-0.05, 0) is 30.9 Å². The third-order valence-corrected chi connectivity index (χ3v) is 5.11. The van der Waals surface area contributed by atoms with Crippen LogP contribution in [0, 0.1) is 5.92 Å². The zero-order chi connectivity index (χ0) is 17.6. The number of benzene rings is 1. The van der Waals surface area contributed by atoms with E-state index in [0.717, 1.165) is 45.7 Å². The number of para-hydroxylation sites is 1. The van der Waals surface area contributed by atoms with Crippen molar-refractivity contribution in [3.8, 4) is 0 Å². The van der Waals surface area contributed by atoms with Crippen molar-refractivity contribution in [1.82, 2.24) is 9.80 Å². The summed E-state index contributed by atoms with van der Waals surface area (Å²) in [7, 11) is 0. The lowest BCUT2D eigenvalue weighted by Crippen LogP contribution is -2.50. The Labute approximate surface area is 150 Å². The van der Waals surface area contributed by atoms with Crippen LogP contribution in [-0.2, 0) is 4.79 Å². The Kier molecular flexibility index (Phi) is 5.79. The number of hydrogen-bond donors (Lipinski definition) is 1. The van der Waals surface area contributed by atoms with E-state index in [1.807, 2.05) is 23.1 Å². The van der Waals surface area contributed by atoms with Gasteiger partial charge in [0.05, 0.1) is 0 Å². The summed E-state index contributed by atoms with van der Waals surface area (Å²) in [5.74, 6) is 1.23. The summed E-state index contributed by atoms with van der Waals surface area (Å²) in [6, 6.07) is 10.3. The minimum Gasteiger partial charge on any atom is -0.370 e. The Balaban J connectivity index is 1.47. The van der Waals surface area contributed by atoms with Crippen LogP contribution < -0.4 is 10.6 Å². The first-order chi connectivity index (χ1) is 12.1. The van der Waals surface area contributed by atoms with Gasteiger partial charge in [0.15, 0.2) is 5.96 Å². The van der Waals surface area contributed by atoms with Gasteiger partial charge in [-0.2, -0.15) is 0 Å². The van der Waals surface area contributed by atoms with Crippen LogP contribution in [0.5, 0.6) is 0 Å². The monoisotopic (exact) mass is 343 g/mol. The van der Waals surface area contributed by atoms with Gasteiger partial charge in [-0.15, -0.1) is 0 Å². The molecular weight excluding hydrogens is 314 g/mol. The van der Waals surface area contributed by atoms with Gasteiger partial charge in [-0.3, -0.25) is 4.79 Å². The maximum absolute atomic E-state index is 12.4. The van der Waals surface area contributed by atoms with Crippen molar-refractivity contribution in [3.05, 3.63) is 30.3 Å². The number of rotatable bonds is 3. The highest BCUT2D eigenvalue weighted by Gasteiger charge is 2.22. The van der Waals surface area contributed by atoms with Crippen LogP contribution in [0.1, 0.15) is 19.8 Å². The van der Waals surface area contributed by atoms with Crippen LogP contribution in [0.4, 0.5) is 5.69 Å². The molecule has 2 heterocycles. The number of amides is 1. The fourth-order valence-electron chi connectivity index (χ4n) is 3.60. The zero-order valence-electron chi connectivity index (χ0n) is 15.1. The molecule has 6 nitrogen and oxygen atoms in total. The summed E-state index contributed by atoms with van der Waals surface area (Å²) in [4.78, 5) is 23.1. The average Bonchev–Trinajstić information content (AvgIpc) is 2.66. The Bertz CT molecular complexity index is 595. The summed E-state index contributed by atoms with van der Waals surface area (Å²) in [6.07, 6.45) is 2.39. The number of piperidine rings is 1. The molecule has 1 unspecified atom stereocenters. The second kappa shape index (κ2) is 8.23. The van der Waals surface area contributed by atoms with Crippen LogP contribution in [-0.4, -0.2) is 67.5 Å². The number of carbonyl (C=O) groups excluding carboxylic acids is 1. The maximum Gasteiger partial charge on any atom is 0.244 e. The summed E-state index contributed by atoms with van der Waals surface area (Å²) in [5.41, 5.74) is 7.30. The van der Waals surface area contributed by atoms with Gasteiger partial charge in [0.1, 0.15) is 6.54 Å². The number of nitrogens with zero attached hydrogens (tertiary/aromatic N) is 4. The molecular formula is C19H29N5O. The summed E-state index contributed by atoms with van der Waals surface area (Å²) < 4.78 is 0. The number of piperazine rings is 1. The number of likely N-dealkylation sites (tertiary alicyclic amines) is 1. The van der Waals surface area contributed by atoms with E-state index in [4.69, 9.17) is 5.73 Å². The molecule has 1 aromatic carbocycles. The van der Waals surface area contributed by atoms with Gasteiger partial charge >= 0.3 is 0 Å². The van der Waals surface area contributed by atoms with Crippen molar-refractivity contribution < 1.29 is 4.79 Å². The second-order valence-corrected chi connectivity index (χ2v) is 7.07. The SMILES string of the molecule is CC1CCCN(C(N)=NCC(=O)N2CCN(c3ccccc3)CC2)C1. The van der Waals surface area contributed by atoms with E-state index in [-0.39, 0.29) is 12.5 Å². The van der Waals surface area contributed by atoms with Gasteiger partial charge in [-0.1, -0.05) is 25.1 Å². The van der Waals surface area contributed by atoms with Gasteiger partial charge < -0.3 is 20.4 Å². The first-order valence-electron chi connectivity index (χ1n) is 9.26. The molecule has 0 bridgehead atoms. The van der Waals surface area contributed by atoms with Crippen molar-refractivity contribution >= 4 is 17.6 Å². The average molecular weight is 343 g/mol. The minimum atomic E-state index is 0.0701. The van der Waals surface area contributed by atoms with Crippen LogP contribution >= 0.6 is 0 Å². The Morgan fingerprint density at radius 3 is 2.52 bits per heavy atom. The highest BCUT2D eigenvalue weighted by molar-refractivity contribution is 5.84.